The molecule has 0 spiro atoms. The summed E-state index contributed by atoms with van der Waals surface area (Å²) in [5, 5.41) is 10.2. The van der Waals surface area contributed by atoms with Gasteiger partial charge in [0.25, 0.3) is 0 Å². The van der Waals surface area contributed by atoms with Crippen LogP contribution < -0.4 is 9.47 Å². The van der Waals surface area contributed by atoms with Gasteiger partial charge in [0.15, 0.2) is 11.5 Å². The van der Waals surface area contributed by atoms with E-state index in [-0.39, 0.29) is 5.92 Å². The maximum atomic E-state index is 10.2. The Hall–Kier alpha value is -1.33. The van der Waals surface area contributed by atoms with Crippen LogP contribution in [0.15, 0.2) is 12.3 Å². The SMILES string of the molecule is COc1ccnc(CN2CC(O)(C(C)C)C2)c1OC. The first kappa shape index (κ1) is 14.1. The highest BCUT2D eigenvalue weighted by Crippen LogP contribution is 2.34. The molecule has 5 heteroatoms. The van der Waals surface area contributed by atoms with Gasteiger partial charge in [-0.25, -0.2) is 0 Å². The summed E-state index contributed by atoms with van der Waals surface area (Å²) in [7, 11) is 3.23. The average molecular weight is 266 g/mol. The normalized spacial score (nSPS) is 18.2. The van der Waals surface area contributed by atoms with Crippen molar-refractivity contribution < 1.29 is 14.6 Å². The lowest BCUT2D eigenvalue weighted by Gasteiger charge is -2.49. The van der Waals surface area contributed by atoms with Gasteiger partial charge in [-0.05, 0) is 5.92 Å². The number of aliphatic hydroxyl groups is 1. The molecule has 0 atom stereocenters. The van der Waals surface area contributed by atoms with Crippen LogP contribution in [-0.2, 0) is 6.54 Å². The summed E-state index contributed by atoms with van der Waals surface area (Å²) in [5.41, 5.74) is 0.277. The van der Waals surface area contributed by atoms with Crippen molar-refractivity contribution in [2.45, 2.75) is 26.0 Å². The molecule has 0 aliphatic carbocycles. The molecule has 1 aliphatic heterocycles. The summed E-state index contributed by atoms with van der Waals surface area (Å²) in [5.74, 6) is 1.63. The van der Waals surface area contributed by atoms with E-state index in [9.17, 15) is 5.11 Å². The zero-order valence-corrected chi connectivity index (χ0v) is 12.0. The molecule has 0 amide bonds. The van der Waals surface area contributed by atoms with Crippen molar-refractivity contribution in [3.05, 3.63) is 18.0 Å². The van der Waals surface area contributed by atoms with Crippen molar-refractivity contribution in [1.29, 1.82) is 0 Å². The second kappa shape index (κ2) is 5.35. The molecule has 1 aromatic rings. The molecule has 0 radical (unpaired) electrons. The van der Waals surface area contributed by atoms with Crippen LogP contribution in [0.25, 0.3) is 0 Å². The quantitative estimate of drug-likeness (QED) is 0.870. The molecule has 1 saturated heterocycles. The van der Waals surface area contributed by atoms with Crippen LogP contribution in [0.3, 0.4) is 0 Å². The van der Waals surface area contributed by atoms with Crippen LogP contribution in [0.2, 0.25) is 0 Å². The fraction of sp³-hybridized carbons (Fsp3) is 0.643. The van der Waals surface area contributed by atoms with Crippen LogP contribution in [0.1, 0.15) is 19.5 Å². The lowest BCUT2D eigenvalue weighted by molar-refractivity contribution is -0.131. The predicted octanol–water partition coefficient (Wildman–Crippen LogP) is 1.30. The Kier molecular flexibility index (Phi) is 3.96. The van der Waals surface area contributed by atoms with Gasteiger partial charge >= 0.3 is 0 Å². The van der Waals surface area contributed by atoms with Crippen molar-refractivity contribution in [3.63, 3.8) is 0 Å². The summed E-state index contributed by atoms with van der Waals surface area (Å²) in [6, 6.07) is 1.78. The monoisotopic (exact) mass is 266 g/mol. The molecule has 0 aromatic carbocycles. The van der Waals surface area contributed by atoms with Crippen molar-refractivity contribution in [3.8, 4) is 11.5 Å². The number of likely N-dealkylation sites (tertiary alicyclic amines) is 1. The third kappa shape index (κ3) is 2.67. The molecule has 5 nitrogen and oxygen atoms in total. The van der Waals surface area contributed by atoms with Gasteiger partial charge in [0.05, 0.1) is 19.8 Å². The zero-order chi connectivity index (χ0) is 14.0. The summed E-state index contributed by atoms with van der Waals surface area (Å²) >= 11 is 0. The van der Waals surface area contributed by atoms with E-state index in [4.69, 9.17) is 9.47 Å². The van der Waals surface area contributed by atoms with Gasteiger partial charge in [0, 0.05) is 31.9 Å². The van der Waals surface area contributed by atoms with Gasteiger partial charge in [-0.1, -0.05) is 13.8 Å². The molecular weight excluding hydrogens is 244 g/mol. The number of aromatic nitrogens is 1. The Morgan fingerprint density at radius 3 is 2.58 bits per heavy atom. The van der Waals surface area contributed by atoms with E-state index in [1.165, 1.54) is 0 Å². The first-order valence-electron chi connectivity index (χ1n) is 6.50. The molecule has 0 saturated carbocycles. The number of β-amino-alcohol motifs (C(OH)–C–C–N with tert-alkyl or cyclic N) is 1. The number of nitrogens with zero attached hydrogens (tertiary/aromatic N) is 2. The molecule has 1 aromatic heterocycles. The zero-order valence-electron chi connectivity index (χ0n) is 12.0. The van der Waals surface area contributed by atoms with Crippen molar-refractivity contribution in [2.75, 3.05) is 27.3 Å². The number of ether oxygens (including phenoxy) is 2. The highest BCUT2D eigenvalue weighted by molar-refractivity contribution is 5.42. The predicted molar refractivity (Wildman–Crippen MR) is 72.4 cm³/mol. The molecular formula is C14H22N2O3. The van der Waals surface area contributed by atoms with E-state index in [2.05, 4.69) is 9.88 Å². The number of rotatable bonds is 5. The minimum absolute atomic E-state index is 0.268. The van der Waals surface area contributed by atoms with E-state index in [1.54, 1.807) is 26.5 Å². The molecule has 1 N–H and O–H groups in total. The number of hydrogen-bond acceptors (Lipinski definition) is 5. The average Bonchev–Trinajstić information content (AvgIpc) is 2.36. The molecule has 1 aliphatic rings. The molecule has 2 rings (SSSR count). The van der Waals surface area contributed by atoms with E-state index in [0.717, 1.165) is 5.69 Å². The van der Waals surface area contributed by atoms with E-state index in [1.807, 2.05) is 13.8 Å². The summed E-state index contributed by atoms with van der Waals surface area (Å²) in [6.45, 7) is 6.10. The first-order chi connectivity index (χ1) is 9.00. The largest absolute Gasteiger partial charge is 0.493 e. The topological polar surface area (TPSA) is 54.8 Å². The minimum Gasteiger partial charge on any atom is -0.493 e. The van der Waals surface area contributed by atoms with Gasteiger partial charge in [0.1, 0.15) is 5.69 Å². The summed E-state index contributed by atoms with van der Waals surface area (Å²) < 4.78 is 10.6. The molecule has 0 unspecified atom stereocenters. The number of pyridine rings is 1. The number of hydrogen-bond donors (Lipinski definition) is 1. The van der Waals surface area contributed by atoms with Crippen molar-refractivity contribution >= 4 is 0 Å². The molecule has 19 heavy (non-hydrogen) atoms. The maximum Gasteiger partial charge on any atom is 0.183 e. The van der Waals surface area contributed by atoms with Crippen LogP contribution in [0.5, 0.6) is 11.5 Å². The van der Waals surface area contributed by atoms with Gasteiger partial charge in [-0.3, -0.25) is 9.88 Å². The number of methoxy groups -OCH3 is 2. The van der Waals surface area contributed by atoms with Crippen LogP contribution in [0, 0.1) is 5.92 Å². The van der Waals surface area contributed by atoms with Crippen LogP contribution in [0.4, 0.5) is 0 Å². The minimum atomic E-state index is -0.563. The third-order valence-electron chi connectivity index (χ3n) is 3.81. The maximum absolute atomic E-state index is 10.2. The Bertz CT molecular complexity index is 442. The highest BCUT2D eigenvalue weighted by atomic mass is 16.5. The summed E-state index contributed by atoms with van der Waals surface area (Å²) in [4.78, 5) is 6.50. The second-order valence-corrected chi connectivity index (χ2v) is 5.40. The second-order valence-electron chi connectivity index (χ2n) is 5.40. The molecule has 106 valence electrons. The van der Waals surface area contributed by atoms with E-state index >= 15 is 0 Å². The Morgan fingerprint density at radius 2 is 2.05 bits per heavy atom. The van der Waals surface area contributed by atoms with E-state index in [0.29, 0.717) is 31.1 Å². The fourth-order valence-electron chi connectivity index (χ4n) is 2.38. The van der Waals surface area contributed by atoms with Gasteiger partial charge < -0.3 is 14.6 Å². The summed E-state index contributed by atoms with van der Waals surface area (Å²) in [6.07, 6.45) is 1.71. The van der Waals surface area contributed by atoms with Crippen LogP contribution >= 0.6 is 0 Å². The smallest absolute Gasteiger partial charge is 0.183 e. The lowest BCUT2D eigenvalue weighted by atomic mass is 9.83. The molecule has 0 bridgehead atoms. The van der Waals surface area contributed by atoms with E-state index < -0.39 is 5.60 Å². The Morgan fingerprint density at radius 1 is 1.37 bits per heavy atom. The standard InChI is InChI=1S/C14H22N2O3/c1-10(2)14(17)8-16(9-14)7-11-13(19-4)12(18-3)5-6-15-11/h5-6,10,17H,7-9H2,1-4H3. The Balaban J connectivity index is 2.06. The van der Waals surface area contributed by atoms with Gasteiger partial charge in [-0.2, -0.15) is 0 Å². The Labute approximate surface area is 114 Å². The van der Waals surface area contributed by atoms with Crippen molar-refractivity contribution in [1.82, 2.24) is 9.88 Å². The van der Waals surface area contributed by atoms with Crippen molar-refractivity contribution in [2.24, 2.45) is 5.92 Å². The molecule has 1 fully saturated rings. The molecule has 2 heterocycles. The fourth-order valence-corrected chi connectivity index (χ4v) is 2.38. The van der Waals surface area contributed by atoms with Gasteiger partial charge in [0.2, 0.25) is 0 Å². The lowest BCUT2D eigenvalue weighted by Crippen LogP contribution is -2.63. The van der Waals surface area contributed by atoms with Crippen LogP contribution in [-0.4, -0.2) is 47.9 Å². The van der Waals surface area contributed by atoms with Gasteiger partial charge in [-0.15, -0.1) is 0 Å². The third-order valence-corrected chi connectivity index (χ3v) is 3.81. The first-order valence-corrected chi connectivity index (χ1v) is 6.50. The highest BCUT2D eigenvalue weighted by Gasteiger charge is 2.43.